The van der Waals surface area contributed by atoms with E-state index in [4.69, 9.17) is 0 Å². The van der Waals surface area contributed by atoms with Crippen LogP contribution >= 0.6 is 31.9 Å². The Labute approximate surface area is 135 Å². The zero-order chi connectivity index (χ0) is 15.6. The SMILES string of the molecule is O=C(Nc1cccc(C(F)(F)F)c1)c1cc(Br)cc(Br)c1. The highest BCUT2D eigenvalue weighted by atomic mass is 79.9. The fourth-order valence-electron chi connectivity index (χ4n) is 1.66. The minimum absolute atomic E-state index is 0.0888. The van der Waals surface area contributed by atoms with E-state index in [0.717, 1.165) is 12.1 Å². The van der Waals surface area contributed by atoms with Crippen LogP contribution in [0.15, 0.2) is 51.4 Å². The minimum atomic E-state index is -4.44. The second-order valence-corrected chi connectivity index (χ2v) is 6.02. The van der Waals surface area contributed by atoms with Gasteiger partial charge in [0.1, 0.15) is 0 Å². The summed E-state index contributed by atoms with van der Waals surface area (Å²) in [6.07, 6.45) is -4.44. The number of carbonyl (C=O) groups is 1. The Bertz CT molecular complexity index is 666. The van der Waals surface area contributed by atoms with Crippen LogP contribution in [0, 0.1) is 0 Å². The maximum Gasteiger partial charge on any atom is 0.416 e. The molecule has 110 valence electrons. The van der Waals surface area contributed by atoms with E-state index in [1.165, 1.54) is 12.1 Å². The zero-order valence-electron chi connectivity index (χ0n) is 10.3. The van der Waals surface area contributed by atoms with Gasteiger partial charge in [0.05, 0.1) is 5.56 Å². The first-order chi connectivity index (χ1) is 9.75. The Kier molecular flexibility index (Phi) is 4.73. The third kappa shape index (κ3) is 4.31. The highest BCUT2D eigenvalue weighted by Crippen LogP contribution is 2.30. The molecule has 0 radical (unpaired) electrons. The van der Waals surface area contributed by atoms with E-state index in [1.807, 2.05) is 0 Å². The predicted molar refractivity (Wildman–Crippen MR) is 81.2 cm³/mol. The summed E-state index contributed by atoms with van der Waals surface area (Å²) in [6.45, 7) is 0. The van der Waals surface area contributed by atoms with Crippen molar-refractivity contribution in [3.63, 3.8) is 0 Å². The molecule has 0 atom stereocenters. The quantitative estimate of drug-likeness (QED) is 0.681. The Morgan fingerprint density at radius 1 is 1.00 bits per heavy atom. The molecule has 0 heterocycles. The van der Waals surface area contributed by atoms with Crippen LogP contribution in [-0.4, -0.2) is 5.91 Å². The third-order valence-electron chi connectivity index (χ3n) is 2.57. The summed E-state index contributed by atoms with van der Waals surface area (Å²) in [6, 6.07) is 9.40. The molecule has 0 aromatic heterocycles. The van der Waals surface area contributed by atoms with E-state index in [0.29, 0.717) is 14.5 Å². The van der Waals surface area contributed by atoms with Crippen LogP contribution < -0.4 is 5.32 Å². The van der Waals surface area contributed by atoms with Gasteiger partial charge in [0.25, 0.3) is 5.91 Å². The molecule has 0 spiro atoms. The van der Waals surface area contributed by atoms with Gasteiger partial charge >= 0.3 is 6.18 Å². The van der Waals surface area contributed by atoms with Gasteiger partial charge in [0, 0.05) is 20.2 Å². The number of hydrogen-bond acceptors (Lipinski definition) is 1. The Morgan fingerprint density at radius 3 is 2.19 bits per heavy atom. The Morgan fingerprint density at radius 2 is 1.62 bits per heavy atom. The lowest BCUT2D eigenvalue weighted by atomic mass is 10.1. The summed E-state index contributed by atoms with van der Waals surface area (Å²) in [7, 11) is 0. The van der Waals surface area contributed by atoms with Crippen LogP contribution in [0.2, 0.25) is 0 Å². The highest BCUT2D eigenvalue weighted by Gasteiger charge is 2.30. The van der Waals surface area contributed by atoms with Crippen LogP contribution in [0.5, 0.6) is 0 Å². The van der Waals surface area contributed by atoms with Crippen molar-refractivity contribution < 1.29 is 18.0 Å². The first-order valence-electron chi connectivity index (χ1n) is 5.70. The molecule has 2 aromatic rings. The average molecular weight is 423 g/mol. The topological polar surface area (TPSA) is 29.1 Å². The van der Waals surface area contributed by atoms with Gasteiger partial charge in [0.2, 0.25) is 0 Å². The van der Waals surface area contributed by atoms with Crippen LogP contribution in [0.3, 0.4) is 0 Å². The third-order valence-corrected chi connectivity index (χ3v) is 3.49. The summed E-state index contributed by atoms with van der Waals surface area (Å²) >= 11 is 6.49. The first kappa shape index (κ1) is 16.0. The number of rotatable bonds is 2. The second kappa shape index (κ2) is 6.19. The lowest BCUT2D eigenvalue weighted by Crippen LogP contribution is -2.13. The molecule has 0 aliphatic carbocycles. The van der Waals surface area contributed by atoms with Crippen molar-refractivity contribution in [3.8, 4) is 0 Å². The van der Waals surface area contributed by atoms with Crippen molar-refractivity contribution >= 4 is 43.5 Å². The molecule has 2 aromatic carbocycles. The van der Waals surface area contributed by atoms with Crippen LogP contribution in [-0.2, 0) is 6.18 Å². The van der Waals surface area contributed by atoms with Crippen molar-refractivity contribution in [2.75, 3.05) is 5.32 Å². The normalized spacial score (nSPS) is 11.3. The maximum absolute atomic E-state index is 12.6. The summed E-state index contributed by atoms with van der Waals surface area (Å²) in [5.41, 5.74) is -0.393. The summed E-state index contributed by atoms with van der Waals surface area (Å²) < 4.78 is 39.2. The number of benzene rings is 2. The van der Waals surface area contributed by atoms with Crippen LogP contribution in [0.25, 0.3) is 0 Å². The molecule has 0 unspecified atom stereocenters. The van der Waals surface area contributed by atoms with Gasteiger partial charge in [-0.25, -0.2) is 0 Å². The van der Waals surface area contributed by atoms with Gasteiger partial charge in [0.15, 0.2) is 0 Å². The molecule has 0 aliphatic rings. The van der Waals surface area contributed by atoms with Gasteiger partial charge in [-0.15, -0.1) is 0 Å². The molecule has 0 aliphatic heterocycles. The summed E-state index contributed by atoms with van der Waals surface area (Å²) in [5, 5.41) is 2.44. The molecular formula is C14H8Br2F3NO. The average Bonchev–Trinajstić information content (AvgIpc) is 2.37. The van der Waals surface area contributed by atoms with E-state index >= 15 is 0 Å². The molecule has 0 saturated carbocycles. The van der Waals surface area contributed by atoms with Gasteiger partial charge in [-0.05, 0) is 36.4 Å². The number of carbonyl (C=O) groups excluding carboxylic acids is 1. The number of halogens is 5. The molecule has 1 N–H and O–H groups in total. The fraction of sp³-hybridized carbons (Fsp3) is 0.0714. The zero-order valence-corrected chi connectivity index (χ0v) is 13.5. The largest absolute Gasteiger partial charge is 0.416 e. The molecule has 21 heavy (non-hydrogen) atoms. The molecule has 2 nitrogen and oxygen atoms in total. The van der Waals surface area contributed by atoms with E-state index in [2.05, 4.69) is 37.2 Å². The van der Waals surface area contributed by atoms with Crippen molar-refractivity contribution in [3.05, 3.63) is 62.5 Å². The fourth-order valence-corrected chi connectivity index (χ4v) is 2.96. The van der Waals surface area contributed by atoms with Crippen molar-refractivity contribution in [2.45, 2.75) is 6.18 Å². The van der Waals surface area contributed by atoms with Gasteiger partial charge < -0.3 is 5.32 Å². The molecular weight excluding hydrogens is 415 g/mol. The van der Waals surface area contributed by atoms with Crippen molar-refractivity contribution in [1.29, 1.82) is 0 Å². The van der Waals surface area contributed by atoms with Gasteiger partial charge in [-0.3, -0.25) is 4.79 Å². The molecule has 0 bridgehead atoms. The predicted octanol–water partition coefficient (Wildman–Crippen LogP) is 5.48. The Hall–Kier alpha value is -1.34. The highest BCUT2D eigenvalue weighted by molar-refractivity contribution is 9.11. The molecule has 0 fully saturated rings. The number of anilines is 1. The Balaban J connectivity index is 2.23. The van der Waals surface area contributed by atoms with E-state index in [1.54, 1.807) is 18.2 Å². The van der Waals surface area contributed by atoms with Gasteiger partial charge in [-0.2, -0.15) is 13.2 Å². The lowest BCUT2D eigenvalue weighted by Gasteiger charge is -2.10. The van der Waals surface area contributed by atoms with Crippen LogP contribution in [0.1, 0.15) is 15.9 Å². The van der Waals surface area contributed by atoms with Crippen LogP contribution in [0.4, 0.5) is 18.9 Å². The molecule has 7 heteroatoms. The lowest BCUT2D eigenvalue weighted by molar-refractivity contribution is -0.137. The monoisotopic (exact) mass is 421 g/mol. The summed E-state index contributed by atoms with van der Waals surface area (Å²) in [4.78, 5) is 12.0. The molecule has 0 saturated heterocycles. The number of nitrogens with one attached hydrogen (secondary N) is 1. The van der Waals surface area contributed by atoms with Crippen molar-refractivity contribution in [1.82, 2.24) is 0 Å². The number of alkyl halides is 3. The first-order valence-corrected chi connectivity index (χ1v) is 7.29. The van der Waals surface area contributed by atoms with E-state index < -0.39 is 17.6 Å². The smallest absolute Gasteiger partial charge is 0.322 e. The molecule has 2 rings (SSSR count). The van der Waals surface area contributed by atoms with E-state index in [9.17, 15) is 18.0 Å². The number of amides is 1. The second-order valence-electron chi connectivity index (χ2n) is 4.19. The molecule has 1 amide bonds. The minimum Gasteiger partial charge on any atom is -0.322 e. The maximum atomic E-state index is 12.6. The van der Waals surface area contributed by atoms with E-state index in [-0.39, 0.29) is 5.69 Å². The van der Waals surface area contributed by atoms with Crippen molar-refractivity contribution in [2.24, 2.45) is 0 Å². The van der Waals surface area contributed by atoms with Gasteiger partial charge in [-0.1, -0.05) is 37.9 Å². The summed E-state index contributed by atoms with van der Waals surface area (Å²) in [5.74, 6) is -0.490. The standard InChI is InChI=1S/C14H8Br2F3NO/c15-10-4-8(5-11(16)7-10)13(21)20-12-3-1-2-9(6-12)14(17,18)19/h1-7H,(H,20,21). The number of hydrogen-bond donors (Lipinski definition) is 1.